The number of Topliss-reactive ketones (excluding diaryl/α,β-unsaturated/α-hetero) is 1. The SMILES string of the molecule is CC(=O)c1c(C)nn(Cc2cccc(C)c2)c1C. The molecule has 0 aliphatic heterocycles. The Morgan fingerprint density at radius 2 is 2.00 bits per heavy atom. The Kier molecular flexibility index (Phi) is 3.32. The number of hydrogen-bond donors (Lipinski definition) is 0. The predicted molar refractivity (Wildman–Crippen MR) is 72.0 cm³/mol. The molecule has 3 heteroatoms. The van der Waals surface area contributed by atoms with Crippen LogP contribution in [0.15, 0.2) is 24.3 Å². The smallest absolute Gasteiger partial charge is 0.163 e. The molecule has 2 aromatic rings. The van der Waals surface area contributed by atoms with Crippen LogP contribution in [-0.2, 0) is 6.54 Å². The minimum Gasteiger partial charge on any atom is -0.294 e. The summed E-state index contributed by atoms with van der Waals surface area (Å²) in [5.74, 6) is 0.0838. The lowest BCUT2D eigenvalue weighted by Crippen LogP contribution is -2.05. The Morgan fingerprint density at radius 3 is 2.56 bits per heavy atom. The van der Waals surface area contributed by atoms with Gasteiger partial charge in [-0.3, -0.25) is 9.48 Å². The molecule has 1 aromatic carbocycles. The van der Waals surface area contributed by atoms with Crippen LogP contribution in [0.5, 0.6) is 0 Å². The minimum atomic E-state index is 0.0838. The largest absolute Gasteiger partial charge is 0.294 e. The van der Waals surface area contributed by atoms with Gasteiger partial charge in [0.05, 0.1) is 17.8 Å². The van der Waals surface area contributed by atoms with E-state index in [1.54, 1.807) is 6.92 Å². The third-order valence-corrected chi connectivity index (χ3v) is 3.15. The molecule has 0 saturated carbocycles. The van der Waals surface area contributed by atoms with Crippen molar-refractivity contribution in [1.29, 1.82) is 0 Å². The van der Waals surface area contributed by atoms with Crippen molar-refractivity contribution in [2.75, 3.05) is 0 Å². The van der Waals surface area contributed by atoms with Gasteiger partial charge in [0.25, 0.3) is 0 Å². The maximum atomic E-state index is 11.6. The summed E-state index contributed by atoms with van der Waals surface area (Å²) in [6.07, 6.45) is 0. The summed E-state index contributed by atoms with van der Waals surface area (Å²) in [4.78, 5) is 11.6. The number of nitrogens with zero attached hydrogens (tertiary/aromatic N) is 2. The van der Waals surface area contributed by atoms with Crippen molar-refractivity contribution in [3.63, 3.8) is 0 Å². The van der Waals surface area contributed by atoms with Crippen LogP contribution in [-0.4, -0.2) is 15.6 Å². The molecule has 0 bridgehead atoms. The van der Waals surface area contributed by atoms with Crippen LogP contribution in [0.4, 0.5) is 0 Å². The molecule has 2 rings (SSSR count). The highest BCUT2D eigenvalue weighted by molar-refractivity contribution is 5.96. The lowest BCUT2D eigenvalue weighted by Gasteiger charge is -2.06. The monoisotopic (exact) mass is 242 g/mol. The van der Waals surface area contributed by atoms with E-state index in [1.807, 2.05) is 24.6 Å². The van der Waals surface area contributed by atoms with Crippen molar-refractivity contribution in [1.82, 2.24) is 9.78 Å². The fourth-order valence-electron chi connectivity index (χ4n) is 2.34. The molecular weight excluding hydrogens is 224 g/mol. The second-order valence-electron chi connectivity index (χ2n) is 4.75. The van der Waals surface area contributed by atoms with Gasteiger partial charge in [0, 0.05) is 5.69 Å². The van der Waals surface area contributed by atoms with Crippen LogP contribution in [0.3, 0.4) is 0 Å². The Bertz CT molecular complexity index is 597. The lowest BCUT2D eigenvalue weighted by atomic mass is 10.1. The standard InChI is InChI=1S/C15H18N2O/c1-10-6-5-7-14(8-10)9-17-12(3)15(13(4)18)11(2)16-17/h5-8H,9H2,1-4H3. The van der Waals surface area contributed by atoms with Gasteiger partial charge in [0.15, 0.2) is 5.78 Å². The van der Waals surface area contributed by atoms with E-state index in [0.717, 1.165) is 17.0 Å². The van der Waals surface area contributed by atoms with Gasteiger partial charge in [-0.1, -0.05) is 29.8 Å². The molecule has 18 heavy (non-hydrogen) atoms. The van der Waals surface area contributed by atoms with Crippen molar-refractivity contribution in [2.24, 2.45) is 0 Å². The summed E-state index contributed by atoms with van der Waals surface area (Å²) in [5, 5.41) is 4.45. The normalized spacial score (nSPS) is 10.7. The third kappa shape index (κ3) is 2.35. The van der Waals surface area contributed by atoms with E-state index in [1.165, 1.54) is 11.1 Å². The number of rotatable bonds is 3. The van der Waals surface area contributed by atoms with Crippen LogP contribution in [0.25, 0.3) is 0 Å². The molecule has 0 amide bonds. The van der Waals surface area contributed by atoms with E-state index in [4.69, 9.17) is 0 Å². The fourth-order valence-corrected chi connectivity index (χ4v) is 2.34. The Hall–Kier alpha value is -1.90. The van der Waals surface area contributed by atoms with E-state index in [2.05, 4.69) is 30.2 Å². The number of benzene rings is 1. The molecule has 0 aliphatic rings. The molecule has 0 aliphatic carbocycles. The van der Waals surface area contributed by atoms with Gasteiger partial charge in [-0.25, -0.2) is 0 Å². The zero-order valence-electron chi connectivity index (χ0n) is 11.3. The van der Waals surface area contributed by atoms with Crippen molar-refractivity contribution >= 4 is 5.78 Å². The second-order valence-corrected chi connectivity index (χ2v) is 4.75. The third-order valence-electron chi connectivity index (χ3n) is 3.15. The number of aryl methyl sites for hydroxylation is 2. The maximum absolute atomic E-state index is 11.6. The molecule has 0 fully saturated rings. The van der Waals surface area contributed by atoms with Crippen molar-refractivity contribution in [2.45, 2.75) is 34.2 Å². The summed E-state index contributed by atoms with van der Waals surface area (Å²) in [5.41, 5.74) is 4.95. The Morgan fingerprint density at radius 1 is 1.28 bits per heavy atom. The Labute approximate surface area is 107 Å². The van der Waals surface area contributed by atoms with Crippen LogP contribution >= 0.6 is 0 Å². The topological polar surface area (TPSA) is 34.9 Å². The molecule has 94 valence electrons. The number of ketones is 1. The first-order valence-corrected chi connectivity index (χ1v) is 6.09. The molecule has 0 saturated heterocycles. The van der Waals surface area contributed by atoms with Gasteiger partial charge in [-0.15, -0.1) is 0 Å². The molecule has 0 unspecified atom stereocenters. The highest BCUT2D eigenvalue weighted by Crippen LogP contribution is 2.15. The van der Waals surface area contributed by atoms with Gasteiger partial charge >= 0.3 is 0 Å². The average molecular weight is 242 g/mol. The summed E-state index contributed by atoms with van der Waals surface area (Å²) < 4.78 is 1.90. The number of carbonyl (C=O) groups excluding carboxylic acids is 1. The molecule has 1 aromatic heterocycles. The summed E-state index contributed by atoms with van der Waals surface area (Å²) in [6.45, 7) is 8.21. The van der Waals surface area contributed by atoms with Crippen LogP contribution < -0.4 is 0 Å². The zero-order chi connectivity index (χ0) is 13.3. The maximum Gasteiger partial charge on any atom is 0.163 e. The second kappa shape index (κ2) is 4.77. The van der Waals surface area contributed by atoms with Crippen molar-refractivity contribution < 1.29 is 4.79 Å². The summed E-state index contributed by atoms with van der Waals surface area (Å²) in [7, 11) is 0. The molecule has 1 heterocycles. The van der Waals surface area contributed by atoms with Gasteiger partial charge in [-0.05, 0) is 33.3 Å². The number of carbonyl (C=O) groups is 1. The van der Waals surface area contributed by atoms with Crippen LogP contribution in [0, 0.1) is 20.8 Å². The molecular formula is C15H18N2O. The van der Waals surface area contributed by atoms with E-state index >= 15 is 0 Å². The zero-order valence-corrected chi connectivity index (χ0v) is 11.3. The predicted octanol–water partition coefficient (Wildman–Crippen LogP) is 3.06. The minimum absolute atomic E-state index is 0.0838. The number of aromatic nitrogens is 2. The molecule has 0 radical (unpaired) electrons. The quantitative estimate of drug-likeness (QED) is 0.775. The summed E-state index contributed by atoms with van der Waals surface area (Å²) in [6, 6.07) is 8.34. The number of hydrogen-bond acceptors (Lipinski definition) is 2. The van der Waals surface area contributed by atoms with E-state index in [9.17, 15) is 4.79 Å². The average Bonchev–Trinajstić information content (AvgIpc) is 2.54. The van der Waals surface area contributed by atoms with E-state index in [-0.39, 0.29) is 5.78 Å². The molecule has 0 N–H and O–H groups in total. The lowest BCUT2D eigenvalue weighted by molar-refractivity contribution is 0.101. The highest BCUT2D eigenvalue weighted by Gasteiger charge is 2.15. The van der Waals surface area contributed by atoms with Gasteiger partial charge < -0.3 is 0 Å². The van der Waals surface area contributed by atoms with E-state index < -0.39 is 0 Å². The first-order valence-electron chi connectivity index (χ1n) is 6.09. The highest BCUT2D eigenvalue weighted by atomic mass is 16.1. The van der Waals surface area contributed by atoms with Gasteiger partial charge in [-0.2, -0.15) is 5.10 Å². The van der Waals surface area contributed by atoms with Crippen molar-refractivity contribution in [3.05, 3.63) is 52.3 Å². The molecule has 3 nitrogen and oxygen atoms in total. The van der Waals surface area contributed by atoms with E-state index in [0.29, 0.717) is 6.54 Å². The molecule has 0 spiro atoms. The van der Waals surface area contributed by atoms with Gasteiger partial charge in [0.1, 0.15) is 0 Å². The summed E-state index contributed by atoms with van der Waals surface area (Å²) >= 11 is 0. The Balaban J connectivity index is 2.36. The van der Waals surface area contributed by atoms with Gasteiger partial charge in [0.2, 0.25) is 0 Å². The molecule has 0 atom stereocenters. The fraction of sp³-hybridized carbons (Fsp3) is 0.333. The van der Waals surface area contributed by atoms with Crippen LogP contribution in [0.2, 0.25) is 0 Å². The first kappa shape index (κ1) is 12.6. The van der Waals surface area contributed by atoms with Crippen molar-refractivity contribution in [3.8, 4) is 0 Å². The first-order chi connectivity index (χ1) is 8.49. The van der Waals surface area contributed by atoms with Crippen LogP contribution in [0.1, 0.15) is 39.8 Å².